The van der Waals surface area contributed by atoms with E-state index in [1.807, 2.05) is 56.3 Å². The number of nitrogens with one attached hydrogen (secondary N) is 1. The first kappa shape index (κ1) is 16.6. The van der Waals surface area contributed by atoms with Gasteiger partial charge in [-0.15, -0.1) is 0 Å². The number of allylic oxidation sites excluding steroid dienone is 4. The van der Waals surface area contributed by atoms with Crippen molar-refractivity contribution in [1.82, 2.24) is 5.09 Å². The highest BCUT2D eigenvalue weighted by Gasteiger charge is 2.28. The molecule has 0 amide bonds. The van der Waals surface area contributed by atoms with Gasteiger partial charge in [0.15, 0.2) is 0 Å². The standard InChI is InChI=1S/C17H22NO3P/c1-4-17(15-10-6-5-7-11-15)21-22(19,18-3)20-16-12-8-9-14(2)13-16/h4-7,10-13H,8-9H2,1-3H3,(H,18,19)/b17-4+/t22-/m1/s1. The maximum Gasteiger partial charge on any atom is 0.512 e. The Labute approximate surface area is 132 Å². The van der Waals surface area contributed by atoms with Crippen molar-refractivity contribution in [1.29, 1.82) is 0 Å². The number of hydrogen-bond acceptors (Lipinski definition) is 3. The Morgan fingerprint density at radius 1 is 1.32 bits per heavy atom. The summed E-state index contributed by atoms with van der Waals surface area (Å²) >= 11 is 0. The van der Waals surface area contributed by atoms with Crippen molar-refractivity contribution in [3.05, 3.63) is 65.5 Å². The molecule has 1 aromatic carbocycles. The maximum absolute atomic E-state index is 12.8. The lowest BCUT2D eigenvalue weighted by molar-refractivity contribution is 0.313. The fourth-order valence-corrected chi connectivity index (χ4v) is 3.23. The summed E-state index contributed by atoms with van der Waals surface area (Å²) in [6.07, 6.45) is 7.49. The van der Waals surface area contributed by atoms with Gasteiger partial charge >= 0.3 is 7.75 Å². The molecule has 0 fully saturated rings. The zero-order valence-corrected chi connectivity index (χ0v) is 14.1. The van der Waals surface area contributed by atoms with E-state index in [0.29, 0.717) is 11.5 Å². The van der Waals surface area contributed by atoms with Gasteiger partial charge in [-0.2, -0.15) is 0 Å². The van der Waals surface area contributed by atoms with Gasteiger partial charge in [0.25, 0.3) is 0 Å². The van der Waals surface area contributed by atoms with Crippen molar-refractivity contribution in [3.8, 4) is 0 Å². The molecule has 0 unspecified atom stereocenters. The Bertz CT molecular complexity index is 647. The zero-order valence-electron chi connectivity index (χ0n) is 13.2. The third-order valence-corrected chi connectivity index (χ3v) is 4.75. The van der Waals surface area contributed by atoms with Gasteiger partial charge in [0, 0.05) is 5.56 Å². The minimum absolute atomic E-state index is 0.524. The number of rotatable bonds is 6. The van der Waals surface area contributed by atoms with Gasteiger partial charge in [-0.1, -0.05) is 35.9 Å². The molecule has 118 valence electrons. The van der Waals surface area contributed by atoms with Gasteiger partial charge in [0.05, 0.1) is 0 Å². The SMILES string of the molecule is C/C=C(/O[P@@](=O)(NC)OC1=CCCC(C)=C1)c1ccccc1. The first-order chi connectivity index (χ1) is 10.6. The molecule has 1 aromatic rings. The molecule has 1 aliphatic carbocycles. The van der Waals surface area contributed by atoms with Gasteiger partial charge in [0.1, 0.15) is 11.5 Å². The summed E-state index contributed by atoms with van der Waals surface area (Å²) in [6.45, 7) is 3.87. The summed E-state index contributed by atoms with van der Waals surface area (Å²) < 4.78 is 24.1. The molecule has 1 aliphatic rings. The van der Waals surface area contributed by atoms with Gasteiger partial charge in [-0.3, -0.25) is 0 Å². The molecule has 0 saturated heterocycles. The van der Waals surface area contributed by atoms with Crippen LogP contribution in [0, 0.1) is 0 Å². The van der Waals surface area contributed by atoms with E-state index in [2.05, 4.69) is 5.09 Å². The second-order valence-electron chi connectivity index (χ2n) is 5.06. The van der Waals surface area contributed by atoms with Crippen LogP contribution in [-0.2, 0) is 13.6 Å². The lowest BCUT2D eigenvalue weighted by atomic mass is 10.1. The molecule has 0 bridgehead atoms. The maximum atomic E-state index is 12.8. The van der Waals surface area contributed by atoms with Crippen molar-refractivity contribution in [2.45, 2.75) is 26.7 Å². The second-order valence-corrected chi connectivity index (χ2v) is 6.87. The van der Waals surface area contributed by atoms with Crippen LogP contribution in [-0.4, -0.2) is 7.05 Å². The summed E-state index contributed by atoms with van der Waals surface area (Å²) in [5, 5.41) is 2.68. The van der Waals surface area contributed by atoms with Crippen LogP contribution in [0.15, 0.2) is 59.9 Å². The van der Waals surface area contributed by atoms with Crippen molar-refractivity contribution in [3.63, 3.8) is 0 Å². The van der Waals surface area contributed by atoms with Gasteiger partial charge in [0.2, 0.25) is 0 Å². The van der Waals surface area contributed by atoms with E-state index in [1.165, 1.54) is 5.57 Å². The highest BCUT2D eigenvalue weighted by molar-refractivity contribution is 7.52. The fourth-order valence-electron chi connectivity index (χ4n) is 2.13. The van der Waals surface area contributed by atoms with E-state index >= 15 is 0 Å². The normalized spacial score (nSPS) is 18.0. The van der Waals surface area contributed by atoms with Crippen LogP contribution >= 0.6 is 7.75 Å². The third-order valence-electron chi connectivity index (χ3n) is 3.31. The van der Waals surface area contributed by atoms with Gasteiger partial charge in [-0.05, 0) is 52.0 Å². The molecule has 0 spiro atoms. The minimum Gasteiger partial charge on any atom is -0.405 e. The average molecular weight is 319 g/mol. The third kappa shape index (κ3) is 4.36. The summed E-state index contributed by atoms with van der Waals surface area (Å²) in [6, 6.07) is 9.54. The largest absolute Gasteiger partial charge is 0.512 e. The monoisotopic (exact) mass is 319 g/mol. The molecule has 0 aromatic heterocycles. The van der Waals surface area contributed by atoms with E-state index < -0.39 is 7.75 Å². The van der Waals surface area contributed by atoms with Gasteiger partial charge < -0.3 is 9.05 Å². The molecule has 0 heterocycles. The molecular weight excluding hydrogens is 297 g/mol. The molecule has 4 nitrogen and oxygen atoms in total. The average Bonchev–Trinajstić information content (AvgIpc) is 2.53. The van der Waals surface area contributed by atoms with E-state index in [-0.39, 0.29) is 0 Å². The Morgan fingerprint density at radius 2 is 2.05 bits per heavy atom. The van der Waals surface area contributed by atoms with E-state index in [1.54, 1.807) is 13.1 Å². The fraction of sp³-hybridized carbons (Fsp3) is 0.294. The molecule has 2 rings (SSSR count). The molecule has 5 heteroatoms. The quantitative estimate of drug-likeness (QED) is 0.590. The van der Waals surface area contributed by atoms with Crippen LogP contribution < -0.4 is 5.09 Å². The van der Waals surface area contributed by atoms with E-state index in [9.17, 15) is 4.57 Å². The summed E-state index contributed by atoms with van der Waals surface area (Å²) in [5.74, 6) is 1.11. The van der Waals surface area contributed by atoms with Crippen LogP contribution in [0.25, 0.3) is 5.76 Å². The Hall–Kier alpha value is -1.77. The zero-order chi connectivity index (χ0) is 16.0. The molecule has 0 radical (unpaired) electrons. The highest BCUT2D eigenvalue weighted by atomic mass is 31.2. The summed E-state index contributed by atoms with van der Waals surface area (Å²) in [5.41, 5.74) is 2.06. The molecular formula is C17H22NO3P. The van der Waals surface area contributed by atoms with Crippen molar-refractivity contribution < 1.29 is 13.6 Å². The molecule has 1 N–H and O–H groups in total. The predicted molar refractivity (Wildman–Crippen MR) is 90.0 cm³/mol. The van der Waals surface area contributed by atoms with Crippen LogP contribution in [0.2, 0.25) is 0 Å². The topological polar surface area (TPSA) is 47.6 Å². The number of benzene rings is 1. The molecule has 0 saturated carbocycles. The molecule has 0 aliphatic heterocycles. The van der Waals surface area contributed by atoms with Crippen molar-refractivity contribution in [2.24, 2.45) is 0 Å². The van der Waals surface area contributed by atoms with Crippen molar-refractivity contribution >= 4 is 13.5 Å². The lowest BCUT2D eigenvalue weighted by Crippen LogP contribution is -2.09. The van der Waals surface area contributed by atoms with Crippen LogP contribution in [0.1, 0.15) is 32.3 Å². The van der Waals surface area contributed by atoms with E-state index in [4.69, 9.17) is 9.05 Å². The highest BCUT2D eigenvalue weighted by Crippen LogP contribution is 2.50. The first-order valence-corrected chi connectivity index (χ1v) is 8.88. The first-order valence-electron chi connectivity index (χ1n) is 7.33. The summed E-state index contributed by atoms with van der Waals surface area (Å²) in [4.78, 5) is 0. The Morgan fingerprint density at radius 3 is 2.64 bits per heavy atom. The van der Waals surface area contributed by atoms with Crippen LogP contribution in [0.5, 0.6) is 0 Å². The molecule has 1 atom stereocenters. The van der Waals surface area contributed by atoms with Crippen LogP contribution in [0.4, 0.5) is 0 Å². The lowest BCUT2D eigenvalue weighted by Gasteiger charge is -2.22. The van der Waals surface area contributed by atoms with E-state index in [0.717, 1.165) is 18.4 Å². The molecule has 22 heavy (non-hydrogen) atoms. The van der Waals surface area contributed by atoms with Crippen molar-refractivity contribution in [2.75, 3.05) is 7.05 Å². The predicted octanol–water partition coefficient (Wildman–Crippen LogP) is 5.03. The Kier molecular flexibility index (Phi) is 5.64. The minimum atomic E-state index is -3.46. The Balaban J connectivity index is 2.16. The summed E-state index contributed by atoms with van der Waals surface area (Å²) in [7, 11) is -1.90. The number of hydrogen-bond donors (Lipinski definition) is 1. The van der Waals surface area contributed by atoms with Gasteiger partial charge in [-0.25, -0.2) is 9.65 Å². The van der Waals surface area contributed by atoms with Crippen LogP contribution in [0.3, 0.4) is 0 Å². The smallest absolute Gasteiger partial charge is 0.405 e. The second kappa shape index (κ2) is 7.48.